The van der Waals surface area contributed by atoms with Crippen molar-refractivity contribution in [3.05, 3.63) is 5.82 Å². The summed E-state index contributed by atoms with van der Waals surface area (Å²) in [4.78, 5) is 16.0. The maximum atomic E-state index is 11.7. The molecule has 1 heterocycles. The van der Waals surface area contributed by atoms with E-state index in [2.05, 4.69) is 21.6 Å². The van der Waals surface area contributed by atoms with Crippen molar-refractivity contribution < 1.29 is 4.79 Å². The lowest BCUT2D eigenvalue weighted by molar-refractivity contribution is -0.124. The Morgan fingerprint density at radius 1 is 1.68 bits per heavy atom. The normalized spacial score (nSPS) is 19.9. The smallest absolute Gasteiger partial charge is 0.237 e. The van der Waals surface area contributed by atoms with Gasteiger partial charge in [-0.1, -0.05) is 18.7 Å². The summed E-state index contributed by atoms with van der Waals surface area (Å²) in [6, 6.07) is 0.457. The van der Waals surface area contributed by atoms with Crippen LogP contribution in [0.4, 0.5) is 0 Å². The molecule has 3 N–H and O–H groups in total. The summed E-state index contributed by atoms with van der Waals surface area (Å²) in [7, 11) is 0. The van der Waals surface area contributed by atoms with Crippen LogP contribution in [-0.2, 0) is 4.79 Å². The highest BCUT2D eigenvalue weighted by atomic mass is 32.2. The van der Waals surface area contributed by atoms with Crippen LogP contribution in [0.3, 0.4) is 0 Å². The molecule has 0 aromatic carbocycles. The number of nitrogens with zero attached hydrogens (tertiary/aromatic N) is 2. The predicted molar refractivity (Wildman–Crippen MR) is 78.3 cm³/mol. The molecule has 1 fully saturated rings. The Morgan fingerprint density at radius 2 is 2.37 bits per heavy atom. The third kappa shape index (κ3) is 4.15. The fourth-order valence-electron chi connectivity index (χ4n) is 2.02. The lowest BCUT2D eigenvalue weighted by atomic mass is 9.95. The SMILES string of the molecule is Cc1nsc(SC(C)CC(C)(NC2CC2)C(N)=O)n1. The van der Waals surface area contributed by atoms with E-state index < -0.39 is 5.54 Å². The highest BCUT2D eigenvalue weighted by Crippen LogP contribution is 2.31. The van der Waals surface area contributed by atoms with Crippen molar-refractivity contribution in [1.29, 1.82) is 0 Å². The molecule has 106 valence electrons. The molecule has 1 aromatic heterocycles. The first-order chi connectivity index (χ1) is 8.89. The van der Waals surface area contributed by atoms with E-state index in [4.69, 9.17) is 5.73 Å². The molecule has 1 aliphatic carbocycles. The van der Waals surface area contributed by atoms with E-state index in [9.17, 15) is 4.79 Å². The van der Waals surface area contributed by atoms with E-state index in [0.29, 0.717) is 12.5 Å². The molecule has 1 amide bonds. The topological polar surface area (TPSA) is 80.9 Å². The fraction of sp³-hybridized carbons (Fsp3) is 0.750. The Morgan fingerprint density at radius 3 is 2.84 bits per heavy atom. The molecule has 1 aromatic rings. The average molecular weight is 300 g/mol. The number of nitrogens with two attached hydrogens (primary N) is 1. The number of rotatable bonds is 7. The number of hydrogen-bond acceptors (Lipinski definition) is 6. The van der Waals surface area contributed by atoms with Gasteiger partial charge in [0.15, 0.2) is 4.34 Å². The number of primary amides is 1. The Balaban J connectivity index is 1.94. The molecule has 2 atom stereocenters. The monoisotopic (exact) mass is 300 g/mol. The zero-order valence-electron chi connectivity index (χ0n) is 11.5. The Bertz CT molecular complexity index is 460. The van der Waals surface area contributed by atoms with Gasteiger partial charge in [-0.15, -0.1) is 0 Å². The highest BCUT2D eigenvalue weighted by Gasteiger charge is 2.38. The maximum absolute atomic E-state index is 11.7. The minimum Gasteiger partial charge on any atom is -0.368 e. The second kappa shape index (κ2) is 5.76. The number of aromatic nitrogens is 2. The molecule has 0 radical (unpaired) electrons. The quantitative estimate of drug-likeness (QED) is 0.749. The molecule has 19 heavy (non-hydrogen) atoms. The lowest BCUT2D eigenvalue weighted by Gasteiger charge is -2.30. The standard InChI is InChI=1S/C12H20N4OS2/c1-7(18-11-14-8(2)16-19-11)6-12(3,10(13)17)15-9-4-5-9/h7,9,15H,4-6H2,1-3H3,(H2,13,17). The largest absolute Gasteiger partial charge is 0.368 e. The zero-order valence-corrected chi connectivity index (χ0v) is 13.1. The van der Waals surface area contributed by atoms with Crippen LogP contribution < -0.4 is 11.1 Å². The molecular formula is C12H20N4OS2. The van der Waals surface area contributed by atoms with E-state index in [1.54, 1.807) is 11.8 Å². The molecule has 0 saturated heterocycles. The maximum Gasteiger partial charge on any atom is 0.237 e. The Hall–Kier alpha value is -0.660. The fourth-order valence-corrected chi connectivity index (χ4v) is 4.17. The minimum atomic E-state index is -0.632. The van der Waals surface area contributed by atoms with Crippen LogP contribution in [-0.4, -0.2) is 32.1 Å². The number of thioether (sulfide) groups is 1. The van der Waals surface area contributed by atoms with Gasteiger partial charge in [0.2, 0.25) is 5.91 Å². The van der Waals surface area contributed by atoms with Crippen molar-refractivity contribution in [3.8, 4) is 0 Å². The van der Waals surface area contributed by atoms with Crippen LogP contribution in [0.5, 0.6) is 0 Å². The molecule has 7 heteroatoms. The summed E-state index contributed by atoms with van der Waals surface area (Å²) in [5.74, 6) is 0.522. The number of aryl methyl sites for hydroxylation is 1. The van der Waals surface area contributed by atoms with Crippen molar-refractivity contribution in [3.63, 3.8) is 0 Å². The average Bonchev–Trinajstić information content (AvgIpc) is 3.00. The van der Waals surface area contributed by atoms with Crippen LogP contribution >= 0.6 is 23.3 Å². The number of carbonyl (C=O) groups is 1. The molecule has 0 spiro atoms. The number of hydrogen-bond donors (Lipinski definition) is 2. The summed E-state index contributed by atoms with van der Waals surface area (Å²) < 4.78 is 5.11. The van der Waals surface area contributed by atoms with Crippen LogP contribution in [0.25, 0.3) is 0 Å². The van der Waals surface area contributed by atoms with Crippen molar-refractivity contribution in [2.45, 2.75) is 61.2 Å². The Labute approximate surface area is 121 Å². The van der Waals surface area contributed by atoms with Gasteiger partial charge in [-0.3, -0.25) is 4.79 Å². The van der Waals surface area contributed by atoms with Gasteiger partial charge in [0.1, 0.15) is 5.82 Å². The third-order valence-corrected chi connectivity index (χ3v) is 5.13. The number of carbonyl (C=O) groups excluding carboxylic acids is 1. The van der Waals surface area contributed by atoms with Gasteiger partial charge in [-0.25, -0.2) is 4.98 Å². The van der Waals surface area contributed by atoms with Gasteiger partial charge >= 0.3 is 0 Å². The first-order valence-corrected chi connectivity index (χ1v) is 8.09. The zero-order chi connectivity index (χ0) is 14.0. The molecule has 0 bridgehead atoms. The van der Waals surface area contributed by atoms with E-state index in [0.717, 1.165) is 23.0 Å². The summed E-state index contributed by atoms with van der Waals surface area (Å²) in [5.41, 5.74) is 4.93. The predicted octanol–water partition coefficient (Wildman–Crippen LogP) is 1.71. The minimum absolute atomic E-state index is 0.260. The van der Waals surface area contributed by atoms with Crippen LogP contribution in [0, 0.1) is 6.92 Å². The number of amides is 1. The van der Waals surface area contributed by atoms with Gasteiger partial charge in [0.05, 0.1) is 5.54 Å². The molecule has 1 saturated carbocycles. The molecule has 0 aliphatic heterocycles. The first-order valence-electron chi connectivity index (χ1n) is 6.43. The summed E-state index contributed by atoms with van der Waals surface area (Å²) >= 11 is 3.06. The molecule has 2 rings (SSSR count). The summed E-state index contributed by atoms with van der Waals surface area (Å²) in [6.45, 7) is 5.88. The van der Waals surface area contributed by atoms with Gasteiger partial charge in [0.25, 0.3) is 0 Å². The molecule has 5 nitrogen and oxygen atoms in total. The van der Waals surface area contributed by atoms with Gasteiger partial charge in [-0.05, 0) is 44.6 Å². The number of nitrogens with one attached hydrogen (secondary N) is 1. The van der Waals surface area contributed by atoms with E-state index in [1.165, 1.54) is 11.5 Å². The van der Waals surface area contributed by atoms with Gasteiger partial charge in [-0.2, -0.15) is 4.37 Å². The van der Waals surface area contributed by atoms with E-state index >= 15 is 0 Å². The molecular weight excluding hydrogens is 280 g/mol. The third-order valence-electron chi connectivity index (χ3n) is 3.15. The van der Waals surface area contributed by atoms with Gasteiger partial charge in [0, 0.05) is 11.3 Å². The van der Waals surface area contributed by atoms with E-state index in [-0.39, 0.29) is 11.2 Å². The first kappa shape index (κ1) is 14.7. The van der Waals surface area contributed by atoms with Crippen molar-refractivity contribution in [2.75, 3.05) is 0 Å². The second-order valence-corrected chi connectivity index (χ2v) is 7.79. The van der Waals surface area contributed by atoms with Crippen molar-refractivity contribution in [1.82, 2.24) is 14.7 Å². The van der Waals surface area contributed by atoms with E-state index in [1.807, 2.05) is 13.8 Å². The van der Waals surface area contributed by atoms with Crippen LogP contribution in [0.2, 0.25) is 0 Å². The second-order valence-electron chi connectivity index (χ2n) is 5.36. The Kier molecular flexibility index (Phi) is 4.47. The summed E-state index contributed by atoms with van der Waals surface area (Å²) in [5, 5.41) is 3.63. The van der Waals surface area contributed by atoms with Crippen LogP contribution in [0.1, 0.15) is 38.9 Å². The lowest BCUT2D eigenvalue weighted by Crippen LogP contribution is -2.55. The van der Waals surface area contributed by atoms with Gasteiger partial charge < -0.3 is 11.1 Å². The van der Waals surface area contributed by atoms with Crippen molar-refractivity contribution >= 4 is 29.2 Å². The van der Waals surface area contributed by atoms with Crippen molar-refractivity contribution in [2.24, 2.45) is 5.73 Å². The molecule has 2 unspecified atom stereocenters. The summed E-state index contributed by atoms with van der Waals surface area (Å²) in [6.07, 6.45) is 2.97. The highest BCUT2D eigenvalue weighted by molar-refractivity contribution is 8.01. The molecule has 1 aliphatic rings. The van der Waals surface area contributed by atoms with Crippen LogP contribution in [0.15, 0.2) is 4.34 Å².